The largest absolute Gasteiger partial charge is 0.466 e. The molecule has 2 heteroatoms. The van der Waals surface area contributed by atoms with Gasteiger partial charge in [-0.1, -0.05) is 162 Å². The maximum absolute atomic E-state index is 12.1. The lowest BCUT2D eigenvalue weighted by atomic mass is 9.92. The molecule has 0 aromatic rings. The molecule has 0 aromatic heterocycles. The first-order valence-corrected chi connectivity index (χ1v) is 15.4. The summed E-state index contributed by atoms with van der Waals surface area (Å²) in [7, 11) is 0. The third-order valence-corrected chi connectivity index (χ3v) is 7.21. The van der Waals surface area contributed by atoms with E-state index in [4.69, 9.17) is 4.74 Å². The third kappa shape index (κ3) is 25.9. The fourth-order valence-corrected chi connectivity index (χ4v) is 4.85. The average Bonchev–Trinajstić information content (AvgIpc) is 2.82. The van der Waals surface area contributed by atoms with Crippen LogP contribution >= 0.6 is 0 Å². The highest BCUT2D eigenvalue weighted by molar-refractivity contribution is 5.69. The zero-order chi connectivity index (χ0) is 24.2. The van der Waals surface area contributed by atoms with Gasteiger partial charge >= 0.3 is 5.97 Å². The van der Waals surface area contributed by atoms with Crippen molar-refractivity contribution in [2.24, 2.45) is 5.92 Å². The van der Waals surface area contributed by atoms with Crippen molar-refractivity contribution in [3.05, 3.63) is 0 Å². The molecule has 0 fully saturated rings. The van der Waals surface area contributed by atoms with Crippen LogP contribution in [0, 0.1) is 5.92 Å². The van der Waals surface area contributed by atoms with Crippen LogP contribution in [0.15, 0.2) is 0 Å². The van der Waals surface area contributed by atoms with Gasteiger partial charge in [-0.2, -0.15) is 0 Å². The standard InChI is InChI=1S/C31H62O2/c1-4-7-10-13-15-16-17-18-19-21-24-27-31(32)33-29-28-30(25-22-12-9-6-3)26-23-20-14-11-8-5-2/h30H,4-29H2,1-3H3. The minimum atomic E-state index is 0.0372. The summed E-state index contributed by atoms with van der Waals surface area (Å²) in [5, 5.41) is 0. The van der Waals surface area contributed by atoms with Crippen LogP contribution in [0.3, 0.4) is 0 Å². The van der Waals surface area contributed by atoms with Crippen LogP contribution in [-0.4, -0.2) is 12.6 Å². The van der Waals surface area contributed by atoms with Gasteiger partial charge in [0.05, 0.1) is 6.61 Å². The van der Waals surface area contributed by atoms with Crippen LogP contribution in [0.5, 0.6) is 0 Å². The number of rotatable bonds is 27. The highest BCUT2D eigenvalue weighted by atomic mass is 16.5. The van der Waals surface area contributed by atoms with Crippen molar-refractivity contribution in [2.75, 3.05) is 6.61 Å². The highest BCUT2D eigenvalue weighted by Crippen LogP contribution is 2.22. The normalized spacial score (nSPS) is 12.2. The maximum Gasteiger partial charge on any atom is 0.305 e. The first-order valence-electron chi connectivity index (χ1n) is 15.4. The molecule has 0 saturated carbocycles. The molecule has 0 aromatic carbocycles. The van der Waals surface area contributed by atoms with E-state index in [9.17, 15) is 4.79 Å². The van der Waals surface area contributed by atoms with E-state index < -0.39 is 0 Å². The molecule has 0 spiro atoms. The van der Waals surface area contributed by atoms with Gasteiger partial charge in [0.25, 0.3) is 0 Å². The maximum atomic E-state index is 12.1. The zero-order valence-corrected chi connectivity index (χ0v) is 23.3. The summed E-state index contributed by atoms with van der Waals surface area (Å²) in [5.41, 5.74) is 0. The van der Waals surface area contributed by atoms with Crippen molar-refractivity contribution in [1.29, 1.82) is 0 Å². The molecule has 0 aliphatic carbocycles. The highest BCUT2D eigenvalue weighted by Gasteiger charge is 2.11. The molecule has 0 aliphatic heterocycles. The number of esters is 1. The number of unbranched alkanes of at least 4 members (excludes halogenated alkanes) is 18. The fraction of sp³-hybridized carbons (Fsp3) is 0.968. The van der Waals surface area contributed by atoms with Gasteiger partial charge in [-0.15, -0.1) is 0 Å². The SMILES string of the molecule is CCCCCCCCCCCCCC(=O)OCCC(CCCCCC)CCCCCCCC. The molecule has 2 nitrogen and oxygen atoms in total. The first-order chi connectivity index (χ1) is 16.2. The molecule has 1 atom stereocenters. The molecule has 198 valence electrons. The van der Waals surface area contributed by atoms with Crippen LogP contribution < -0.4 is 0 Å². The van der Waals surface area contributed by atoms with E-state index >= 15 is 0 Å². The van der Waals surface area contributed by atoms with E-state index in [0.717, 1.165) is 18.8 Å². The Kier molecular flexibility index (Phi) is 27.3. The van der Waals surface area contributed by atoms with Crippen LogP contribution in [0.4, 0.5) is 0 Å². The lowest BCUT2D eigenvalue weighted by Gasteiger charge is -2.17. The summed E-state index contributed by atoms with van der Waals surface area (Å²) >= 11 is 0. The average molecular weight is 467 g/mol. The second kappa shape index (κ2) is 27.7. The summed E-state index contributed by atoms with van der Waals surface area (Å²) in [6.07, 6.45) is 32.5. The number of carbonyl (C=O) groups excluding carboxylic acids is 1. The predicted octanol–water partition coefficient (Wildman–Crippen LogP) is 11.0. The first kappa shape index (κ1) is 32.5. The van der Waals surface area contributed by atoms with Crippen LogP contribution in [-0.2, 0) is 9.53 Å². The van der Waals surface area contributed by atoms with E-state index in [1.165, 1.54) is 141 Å². The molecule has 33 heavy (non-hydrogen) atoms. The second-order valence-corrected chi connectivity index (χ2v) is 10.6. The Balaban J connectivity index is 3.73. The van der Waals surface area contributed by atoms with Crippen molar-refractivity contribution in [3.63, 3.8) is 0 Å². The van der Waals surface area contributed by atoms with Gasteiger partial charge in [0, 0.05) is 6.42 Å². The Morgan fingerprint density at radius 3 is 1.30 bits per heavy atom. The van der Waals surface area contributed by atoms with Gasteiger partial charge in [0.1, 0.15) is 0 Å². The number of ether oxygens (including phenoxy) is 1. The Hall–Kier alpha value is -0.530. The molecular weight excluding hydrogens is 404 g/mol. The Labute approximate surface area is 209 Å². The molecular formula is C31H62O2. The molecule has 0 rings (SSSR count). The molecule has 0 aliphatic rings. The molecule has 0 bridgehead atoms. The van der Waals surface area contributed by atoms with Crippen molar-refractivity contribution in [2.45, 2.75) is 181 Å². The number of hydrogen-bond acceptors (Lipinski definition) is 2. The van der Waals surface area contributed by atoms with Gasteiger partial charge < -0.3 is 4.74 Å². The molecule has 0 heterocycles. The van der Waals surface area contributed by atoms with Gasteiger partial charge in [0.15, 0.2) is 0 Å². The monoisotopic (exact) mass is 466 g/mol. The Morgan fingerprint density at radius 2 is 0.848 bits per heavy atom. The smallest absolute Gasteiger partial charge is 0.305 e. The van der Waals surface area contributed by atoms with Crippen molar-refractivity contribution < 1.29 is 9.53 Å². The van der Waals surface area contributed by atoms with Gasteiger partial charge in [-0.25, -0.2) is 0 Å². The summed E-state index contributed by atoms with van der Waals surface area (Å²) in [4.78, 5) is 12.1. The van der Waals surface area contributed by atoms with Crippen molar-refractivity contribution in [1.82, 2.24) is 0 Å². The minimum absolute atomic E-state index is 0.0372. The zero-order valence-electron chi connectivity index (χ0n) is 23.3. The summed E-state index contributed by atoms with van der Waals surface area (Å²) in [6.45, 7) is 7.48. The number of hydrogen-bond donors (Lipinski definition) is 0. The fourth-order valence-electron chi connectivity index (χ4n) is 4.85. The van der Waals surface area contributed by atoms with E-state index in [0.29, 0.717) is 13.0 Å². The lowest BCUT2D eigenvalue weighted by molar-refractivity contribution is -0.144. The second-order valence-electron chi connectivity index (χ2n) is 10.6. The molecule has 0 saturated heterocycles. The summed E-state index contributed by atoms with van der Waals surface area (Å²) in [5.74, 6) is 0.790. The molecule has 1 unspecified atom stereocenters. The summed E-state index contributed by atoms with van der Waals surface area (Å²) < 4.78 is 5.61. The predicted molar refractivity (Wildman–Crippen MR) is 147 cm³/mol. The summed E-state index contributed by atoms with van der Waals surface area (Å²) in [6, 6.07) is 0. The third-order valence-electron chi connectivity index (χ3n) is 7.21. The Morgan fingerprint density at radius 1 is 0.485 bits per heavy atom. The van der Waals surface area contributed by atoms with E-state index in [1.807, 2.05) is 0 Å². The van der Waals surface area contributed by atoms with E-state index in [-0.39, 0.29) is 5.97 Å². The van der Waals surface area contributed by atoms with Gasteiger partial charge in [-0.3, -0.25) is 4.79 Å². The topological polar surface area (TPSA) is 26.3 Å². The van der Waals surface area contributed by atoms with Crippen LogP contribution in [0.25, 0.3) is 0 Å². The minimum Gasteiger partial charge on any atom is -0.466 e. The Bertz CT molecular complexity index is 379. The molecule has 0 N–H and O–H groups in total. The van der Waals surface area contributed by atoms with Gasteiger partial charge in [0.2, 0.25) is 0 Å². The lowest BCUT2D eigenvalue weighted by Crippen LogP contribution is -2.10. The van der Waals surface area contributed by atoms with Gasteiger partial charge in [-0.05, 0) is 18.8 Å². The van der Waals surface area contributed by atoms with E-state index in [1.54, 1.807) is 0 Å². The van der Waals surface area contributed by atoms with Crippen molar-refractivity contribution >= 4 is 5.97 Å². The quantitative estimate of drug-likeness (QED) is 0.0888. The number of carbonyl (C=O) groups is 1. The van der Waals surface area contributed by atoms with Crippen LogP contribution in [0.1, 0.15) is 181 Å². The van der Waals surface area contributed by atoms with E-state index in [2.05, 4.69) is 20.8 Å². The molecule has 0 radical (unpaired) electrons. The van der Waals surface area contributed by atoms with Crippen LogP contribution in [0.2, 0.25) is 0 Å². The van der Waals surface area contributed by atoms with Crippen molar-refractivity contribution in [3.8, 4) is 0 Å². The molecule has 0 amide bonds.